The second-order valence-electron chi connectivity index (χ2n) is 26.7. The van der Waals surface area contributed by atoms with E-state index in [1.807, 2.05) is 21.1 Å². The number of ether oxygens (including phenoxy) is 2. The smallest absolute Gasteiger partial charge is 0.306 e. The molecule has 0 saturated carbocycles. The molecule has 0 fully saturated rings. The molecule has 0 aromatic carbocycles. The van der Waals surface area contributed by atoms with Crippen LogP contribution >= 0.6 is 7.82 Å². The molecule has 2 atom stereocenters. The third-order valence-electron chi connectivity index (χ3n) is 16.8. The second-order valence-corrected chi connectivity index (χ2v) is 28.1. The molecular formula is C76H144NO8P. The van der Waals surface area contributed by atoms with Crippen LogP contribution in [0.2, 0.25) is 0 Å². The van der Waals surface area contributed by atoms with Gasteiger partial charge in [0.1, 0.15) is 19.8 Å². The van der Waals surface area contributed by atoms with Crippen LogP contribution in [0.1, 0.15) is 373 Å². The number of phosphoric ester groups is 1. The first kappa shape index (κ1) is 84.0. The van der Waals surface area contributed by atoms with Crippen molar-refractivity contribution in [1.29, 1.82) is 0 Å². The standard InChI is InChI=1S/C76H144NO8P/c1-6-8-10-12-14-16-18-20-22-24-26-28-30-31-32-33-34-35-36-37-38-39-40-41-42-43-44-45-47-49-51-53-55-57-59-61-63-65-67-69-76(79)85-74(73-84-86(80,81)83-71-70-77(3,4)5)72-82-75(78)68-66-64-62-60-58-56-54-52-50-48-46-29-27-25-23-21-19-17-15-13-11-9-7-2/h18,20,24-27,30-31,74H,6-17,19,21-23,28-29,32-73H2,1-5H3/b20-18-,26-24-,27-25-,31-30-. The molecule has 0 aromatic rings. The molecule has 0 spiro atoms. The highest BCUT2D eigenvalue weighted by Gasteiger charge is 2.22. The fourth-order valence-electron chi connectivity index (χ4n) is 11.1. The molecule has 0 amide bonds. The zero-order valence-corrected chi connectivity index (χ0v) is 58.7. The van der Waals surface area contributed by atoms with E-state index in [0.717, 1.165) is 44.9 Å². The molecular weight excluding hydrogens is 1090 g/mol. The third-order valence-corrected chi connectivity index (χ3v) is 17.8. The van der Waals surface area contributed by atoms with Gasteiger partial charge in [-0.1, -0.05) is 332 Å². The van der Waals surface area contributed by atoms with Crippen molar-refractivity contribution in [2.45, 2.75) is 380 Å². The van der Waals surface area contributed by atoms with E-state index >= 15 is 0 Å². The molecule has 0 bridgehead atoms. The first-order chi connectivity index (χ1) is 42.0. The molecule has 0 radical (unpaired) electrons. The largest absolute Gasteiger partial charge is 0.756 e. The Hall–Kier alpha value is -2.03. The van der Waals surface area contributed by atoms with Gasteiger partial charge >= 0.3 is 11.9 Å². The van der Waals surface area contributed by atoms with Gasteiger partial charge in [-0.25, -0.2) is 0 Å². The van der Waals surface area contributed by atoms with Crippen LogP contribution in [0, 0.1) is 0 Å². The van der Waals surface area contributed by atoms with Crippen LogP contribution in [0.15, 0.2) is 48.6 Å². The summed E-state index contributed by atoms with van der Waals surface area (Å²) in [6.07, 6.45) is 87.9. The minimum absolute atomic E-state index is 0.0286. The Bertz CT molecular complexity index is 1590. The molecule has 10 heteroatoms. The highest BCUT2D eigenvalue weighted by molar-refractivity contribution is 7.45. The van der Waals surface area contributed by atoms with E-state index in [4.69, 9.17) is 18.5 Å². The lowest BCUT2D eigenvalue weighted by Crippen LogP contribution is -2.37. The van der Waals surface area contributed by atoms with E-state index in [2.05, 4.69) is 62.5 Å². The molecule has 506 valence electrons. The van der Waals surface area contributed by atoms with Crippen LogP contribution < -0.4 is 4.89 Å². The van der Waals surface area contributed by atoms with Gasteiger partial charge in [0.2, 0.25) is 0 Å². The number of nitrogens with zero attached hydrogens (tertiary/aromatic N) is 1. The second kappa shape index (κ2) is 67.4. The van der Waals surface area contributed by atoms with Crippen molar-refractivity contribution in [3.05, 3.63) is 48.6 Å². The summed E-state index contributed by atoms with van der Waals surface area (Å²) in [7, 11) is 1.18. The Kier molecular flexibility index (Phi) is 65.8. The van der Waals surface area contributed by atoms with Gasteiger partial charge in [0.15, 0.2) is 6.10 Å². The fraction of sp³-hybridized carbons (Fsp3) is 0.868. The molecule has 0 aliphatic rings. The molecule has 2 unspecified atom stereocenters. The fourth-order valence-corrected chi connectivity index (χ4v) is 11.8. The van der Waals surface area contributed by atoms with Crippen molar-refractivity contribution in [2.24, 2.45) is 0 Å². The van der Waals surface area contributed by atoms with E-state index in [0.29, 0.717) is 17.4 Å². The average molecular weight is 1230 g/mol. The van der Waals surface area contributed by atoms with Crippen LogP contribution in [0.25, 0.3) is 0 Å². The Morgan fingerprint density at radius 3 is 0.942 bits per heavy atom. The number of phosphoric acid groups is 1. The van der Waals surface area contributed by atoms with Gasteiger partial charge in [-0.2, -0.15) is 0 Å². The summed E-state index contributed by atoms with van der Waals surface area (Å²) in [6, 6.07) is 0. The Morgan fingerprint density at radius 2 is 0.628 bits per heavy atom. The van der Waals surface area contributed by atoms with E-state index in [9.17, 15) is 19.0 Å². The lowest BCUT2D eigenvalue weighted by atomic mass is 10.0. The summed E-state index contributed by atoms with van der Waals surface area (Å²) < 4.78 is 34.4. The SMILES string of the molecule is CCCCCCC/C=C\C/C=C\C/C=C\CCCCCCCCCCCCCCCCCCCCCCCCCCC(=O)OC(COC(=O)CCCCCCCCCCCCC/C=C\CCCCCCCCCC)COP(=O)([O-])OCC[N+](C)(C)C. The monoisotopic (exact) mass is 1230 g/mol. The molecule has 86 heavy (non-hydrogen) atoms. The molecule has 0 heterocycles. The maximum Gasteiger partial charge on any atom is 0.306 e. The first-order valence-corrected chi connectivity index (χ1v) is 38.8. The minimum Gasteiger partial charge on any atom is -0.756 e. The number of likely N-dealkylation sites (N-methyl/N-ethyl adjacent to an activating group) is 1. The number of carbonyl (C=O) groups is 2. The predicted octanol–water partition coefficient (Wildman–Crippen LogP) is 23.8. The molecule has 0 N–H and O–H groups in total. The van der Waals surface area contributed by atoms with Crippen molar-refractivity contribution in [3.8, 4) is 0 Å². The maximum absolute atomic E-state index is 12.9. The van der Waals surface area contributed by atoms with E-state index in [1.165, 1.54) is 295 Å². The summed E-state index contributed by atoms with van der Waals surface area (Å²) in [5.41, 5.74) is 0. The highest BCUT2D eigenvalue weighted by atomic mass is 31.2. The van der Waals surface area contributed by atoms with Gasteiger partial charge in [0.05, 0.1) is 27.7 Å². The van der Waals surface area contributed by atoms with Crippen molar-refractivity contribution in [3.63, 3.8) is 0 Å². The minimum atomic E-state index is -4.64. The van der Waals surface area contributed by atoms with Crippen molar-refractivity contribution >= 4 is 19.8 Å². The van der Waals surface area contributed by atoms with Gasteiger partial charge in [0, 0.05) is 12.8 Å². The summed E-state index contributed by atoms with van der Waals surface area (Å²) in [6.45, 7) is 4.29. The number of hydrogen-bond acceptors (Lipinski definition) is 8. The zero-order chi connectivity index (χ0) is 62.6. The van der Waals surface area contributed by atoms with Crippen LogP contribution in [0.4, 0.5) is 0 Å². The Morgan fingerprint density at radius 1 is 0.360 bits per heavy atom. The number of esters is 2. The van der Waals surface area contributed by atoms with Crippen molar-refractivity contribution < 1.29 is 42.1 Å². The molecule has 0 aromatic heterocycles. The van der Waals surface area contributed by atoms with E-state index in [-0.39, 0.29) is 32.0 Å². The van der Waals surface area contributed by atoms with Gasteiger partial charge in [-0.05, 0) is 77.0 Å². The van der Waals surface area contributed by atoms with Crippen LogP contribution in [-0.4, -0.2) is 70.0 Å². The quantitative estimate of drug-likeness (QED) is 0.0195. The van der Waals surface area contributed by atoms with Crippen molar-refractivity contribution in [2.75, 3.05) is 47.5 Å². The normalized spacial score (nSPS) is 13.3. The predicted molar refractivity (Wildman–Crippen MR) is 370 cm³/mol. The number of rotatable bonds is 70. The number of quaternary nitrogens is 1. The summed E-state index contributed by atoms with van der Waals surface area (Å²) >= 11 is 0. The summed E-state index contributed by atoms with van der Waals surface area (Å²) in [5, 5.41) is 0. The van der Waals surface area contributed by atoms with Crippen LogP contribution in [-0.2, 0) is 32.7 Å². The maximum atomic E-state index is 12.9. The van der Waals surface area contributed by atoms with Gasteiger partial charge in [-0.15, -0.1) is 0 Å². The number of carbonyl (C=O) groups excluding carboxylic acids is 2. The number of allylic oxidation sites excluding steroid dienone is 8. The Balaban J connectivity index is 3.92. The third kappa shape index (κ3) is 71.1. The molecule has 0 saturated heterocycles. The van der Waals surface area contributed by atoms with Crippen LogP contribution in [0.5, 0.6) is 0 Å². The van der Waals surface area contributed by atoms with Crippen molar-refractivity contribution in [1.82, 2.24) is 0 Å². The lowest BCUT2D eigenvalue weighted by molar-refractivity contribution is -0.870. The van der Waals surface area contributed by atoms with E-state index < -0.39 is 26.5 Å². The number of unbranched alkanes of at least 4 members (excludes halogenated alkanes) is 48. The summed E-state index contributed by atoms with van der Waals surface area (Å²) in [4.78, 5) is 38.1. The lowest BCUT2D eigenvalue weighted by Gasteiger charge is -2.28. The zero-order valence-electron chi connectivity index (χ0n) is 57.8. The highest BCUT2D eigenvalue weighted by Crippen LogP contribution is 2.38. The molecule has 0 aliphatic carbocycles. The molecule has 0 aliphatic heterocycles. The topological polar surface area (TPSA) is 111 Å². The van der Waals surface area contributed by atoms with Gasteiger partial charge < -0.3 is 27.9 Å². The van der Waals surface area contributed by atoms with Gasteiger partial charge in [0.25, 0.3) is 7.82 Å². The van der Waals surface area contributed by atoms with Gasteiger partial charge in [-0.3, -0.25) is 14.2 Å². The first-order valence-electron chi connectivity index (χ1n) is 37.3. The molecule has 0 rings (SSSR count). The van der Waals surface area contributed by atoms with Crippen LogP contribution in [0.3, 0.4) is 0 Å². The van der Waals surface area contributed by atoms with E-state index in [1.54, 1.807) is 0 Å². The number of hydrogen-bond donors (Lipinski definition) is 0. The Labute approximate surface area is 534 Å². The molecule has 9 nitrogen and oxygen atoms in total. The average Bonchev–Trinajstić information content (AvgIpc) is 3.56. The summed E-state index contributed by atoms with van der Waals surface area (Å²) in [5.74, 6) is -0.814.